The minimum absolute atomic E-state index is 0.377. The molecule has 1 N–H and O–H groups in total. The maximum absolute atomic E-state index is 11.8. The quantitative estimate of drug-likeness (QED) is 0.827. The van der Waals surface area contributed by atoms with Gasteiger partial charge in [0.15, 0.2) is 0 Å². The summed E-state index contributed by atoms with van der Waals surface area (Å²) in [6, 6.07) is 13.4. The van der Waals surface area contributed by atoms with E-state index in [2.05, 4.69) is 4.72 Å². The Balaban J connectivity index is 1.79. The van der Waals surface area contributed by atoms with Crippen LogP contribution in [0.4, 0.5) is 0 Å². The van der Waals surface area contributed by atoms with Crippen LogP contribution >= 0.6 is 11.3 Å². The summed E-state index contributed by atoms with van der Waals surface area (Å²) >= 11 is 1.23. The van der Waals surface area contributed by atoms with Gasteiger partial charge in [0.1, 0.15) is 4.21 Å². The molecule has 5 heteroatoms. The summed E-state index contributed by atoms with van der Waals surface area (Å²) in [6.45, 7) is 0.467. The van der Waals surface area contributed by atoms with Gasteiger partial charge in [-0.05, 0) is 29.9 Å². The monoisotopic (exact) mass is 281 g/mol. The molecule has 2 rings (SSSR count). The topological polar surface area (TPSA) is 46.2 Å². The molecule has 0 unspecified atom stereocenters. The van der Waals surface area contributed by atoms with Gasteiger partial charge in [0.25, 0.3) is 0 Å². The van der Waals surface area contributed by atoms with E-state index in [1.54, 1.807) is 17.5 Å². The Morgan fingerprint density at radius 1 is 1.06 bits per heavy atom. The standard InChI is InChI=1S/C13H15NO2S2/c15-18(16,13-9-5-11-17-13)14-10-4-8-12-6-2-1-3-7-12/h1-3,5-7,9,11,14H,4,8,10H2. The van der Waals surface area contributed by atoms with Crippen LogP contribution in [0.3, 0.4) is 0 Å². The molecular formula is C13H15NO2S2. The van der Waals surface area contributed by atoms with Gasteiger partial charge in [-0.25, -0.2) is 13.1 Å². The maximum Gasteiger partial charge on any atom is 0.250 e. The number of rotatable bonds is 6. The molecule has 0 atom stereocenters. The Hall–Kier alpha value is -1.17. The largest absolute Gasteiger partial charge is 0.250 e. The van der Waals surface area contributed by atoms with E-state index in [0.29, 0.717) is 10.8 Å². The van der Waals surface area contributed by atoms with Gasteiger partial charge >= 0.3 is 0 Å². The minimum atomic E-state index is -3.30. The lowest BCUT2D eigenvalue weighted by molar-refractivity contribution is 0.581. The van der Waals surface area contributed by atoms with Crippen molar-refractivity contribution in [3.8, 4) is 0 Å². The second-order valence-electron chi connectivity index (χ2n) is 3.92. The molecule has 1 aromatic heterocycles. The lowest BCUT2D eigenvalue weighted by Crippen LogP contribution is -2.24. The third kappa shape index (κ3) is 3.66. The molecule has 0 saturated carbocycles. The number of hydrogen-bond donors (Lipinski definition) is 1. The summed E-state index contributed by atoms with van der Waals surface area (Å²) in [7, 11) is -3.30. The van der Waals surface area contributed by atoms with Crippen LogP contribution in [0.15, 0.2) is 52.1 Å². The van der Waals surface area contributed by atoms with Crippen molar-refractivity contribution in [3.05, 3.63) is 53.4 Å². The van der Waals surface area contributed by atoms with Crippen molar-refractivity contribution >= 4 is 21.4 Å². The average Bonchev–Trinajstić information content (AvgIpc) is 2.91. The first-order valence-electron chi connectivity index (χ1n) is 5.75. The molecule has 0 aliphatic heterocycles. The van der Waals surface area contributed by atoms with Gasteiger partial charge in [0, 0.05) is 6.54 Å². The van der Waals surface area contributed by atoms with Crippen molar-refractivity contribution < 1.29 is 8.42 Å². The number of aryl methyl sites for hydroxylation is 1. The first-order valence-corrected chi connectivity index (χ1v) is 8.12. The SMILES string of the molecule is O=S(=O)(NCCCc1ccccc1)c1cccs1. The summed E-state index contributed by atoms with van der Waals surface area (Å²) in [5, 5.41) is 1.76. The van der Waals surface area contributed by atoms with Gasteiger partial charge in [0.05, 0.1) is 0 Å². The highest BCUT2D eigenvalue weighted by atomic mass is 32.2. The summed E-state index contributed by atoms with van der Waals surface area (Å²) < 4.78 is 26.6. The third-order valence-corrected chi connectivity index (χ3v) is 5.40. The van der Waals surface area contributed by atoms with E-state index < -0.39 is 10.0 Å². The Morgan fingerprint density at radius 3 is 2.50 bits per heavy atom. The van der Waals surface area contributed by atoms with Gasteiger partial charge in [0.2, 0.25) is 10.0 Å². The molecule has 0 saturated heterocycles. The third-order valence-electron chi connectivity index (χ3n) is 2.54. The van der Waals surface area contributed by atoms with Crippen LogP contribution in [-0.4, -0.2) is 15.0 Å². The number of benzene rings is 1. The van der Waals surface area contributed by atoms with Crippen molar-refractivity contribution in [2.75, 3.05) is 6.54 Å². The highest BCUT2D eigenvalue weighted by Gasteiger charge is 2.13. The number of sulfonamides is 1. The molecule has 1 aromatic carbocycles. The van der Waals surface area contributed by atoms with Crippen LogP contribution < -0.4 is 4.72 Å². The molecule has 1 heterocycles. The average molecular weight is 281 g/mol. The van der Waals surface area contributed by atoms with E-state index in [1.165, 1.54) is 16.9 Å². The summed E-state index contributed by atoms with van der Waals surface area (Å²) in [4.78, 5) is 0. The molecule has 96 valence electrons. The summed E-state index contributed by atoms with van der Waals surface area (Å²) in [6.07, 6.45) is 1.68. The molecule has 0 amide bonds. The smallest absolute Gasteiger partial charge is 0.210 e. The lowest BCUT2D eigenvalue weighted by atomic mass is 10.1. The van der Waals surface area contributed by atoms with E-state index in [-0.39, 0.29) is 0 Å². The van der Waals surface area contributed by atoms with Gasteiger partial charge in [-0.2, -0.15) is 0 Å². The normalized spacial score (nSPS) is 11.6. The zero-order valence-corrected chi connectivity index (χ0v) is 11.5. The van der Waals surface area contributed by atoms with Crippen molar-refractivity contribution in [1.82, 2.24) is 4.72 Å². The molecular weight excluding hydrogens is 266 g/mol. The molecule has 0 spiro atoms. The molecule has 0 fully saturated rings. The lowest BCUT2D eigenvalue weighted by Gasteiger charge is -2.04. The van der Waals surface area contributed by atoms with Crippen LogP contribution in [-0.2, 0) is 16.4 Å². The van der Waals surface area contributed by atoms with E-state index >= 15 is 0 Å². The van der Waals surface area contributed by atoms with E-state index in [1.807, 2.05) is 30.3 Å². The van der Waals surface area contributed by atoms with Gasteiger partial charge in [-0.1, -0.05) is 36.4 Å². The molecule has 3 nitrogen and oxygen atoms in total. The molecule has 2 aromatic rings. The van der Waals surface area contributed by atoms with Crippen LogP contribution in [0.5, 0.6) is 0 Å². The second kappa shape index (κ2) is 6.13. The molecule has 0 bridgehead atoms. The van der Waals surface area contributed by atoms with Gasteiger partial charge in [-0.15, -0.1) is 11.3 Å². The molecule has 0 aliphatic carbocycles. The predicted molar refractivity (Wildman–Crippen MR) is 74.3 cm³/mol. The fraction of sp³-hybridized carbons (Fsp3) is 0.231. The fourth-order valence-corrected chi connectivity index (χ4v) is 3.74. The van der Waals surface area contributed by atoms with Gasteiger partial charge in [-0.3, -0.25) is 0 Å². The Bertz CT molecular complexity index is 562. The Labute approximate surface area is 112 Å². The first kappa shape index (κ1) is 13.3. The Kier molecular flexibility index (Phi) is 4.52. The highest BCUT2D eigenvalue weighted by Crippen LogP contribution is 2.15. The van der Waals surface area contributed by atoms with Crippen molar-refractivity contribution in [2.24, 2.45) is 0 Å². The van der Waals surface area contributed by atoms with E-state index in [9.17, 15) is 8.42 Å². The highest BCUT2D eigenvalue weighted by molar-refractivity contribution is 7.91. The van der Waals surface area contributed by atoms with Crippen LogP contribution in [0, 0.1) is 0 Å². The number of hydrogen-bond acceptors (Lipinski definition) is 3. The minimum Gasteiger partial charge on any atom is -0.210 e. The van der Waals surface area contributed by atoms with Crippen LogP contribution in [0.2, 0.25) is 0 Å². The van der Waals surface area contributed by atoms with Crippen LogP contribution in [0.25, 0.3) is 0 Å². The van der Waals surface area contributed by atoms with Gasteiger partial charge < -0.3 is 0 Å². The fourth-order valence-electron chi connectivity index (χ4n) is 1.63. The van der Waals surface area contributed by atoms with Crippen molar-refractivity contribution in [2.45, 2.75) is 17.1 Å². The molecule has 18 heavy (non-hydrogen) atoms. The summed E-state index contributed by atoms with van der Waals surface area (Å²) in [5.41, 5.74) is 1.23. The maximum atomic E-state index is 11.8. The van der Waals surface area contributed by atoms with E-state index in [0.717, 1.165) is 12.8 Å². The molecule has 0 aliphatic rings. The van der Waals surface area contributed by atoms with Crippen LogP contribution in [0.1, 0.15) is 12.0 Å². The first-order chi connectivity index (χ1) is 8.68. The van der Waals surface area contributed by atoms with Crippen molar-refractivity contribution in [3.63, 3.8) is 0 Å². The van der Waals surface area contributed by atoms with Crippen molar-refractivity contribution in [1.29, 1.82) is 0 Å². The van der Waals surface area contributed by atoms with E-state index in [4.69, 9.17) is 0 Å². The number of nitrogens with one attached hydrogen (secondary N) is 1. The molecule has 0 radical (unpaired) electrons. The zero-order valence-electron chi connectivity index (χ0n) is 9.87. The number of thiophene rings is 1. The zero-order chi connectivity index (χ0) is 12.8. The summed E-state index contributed by atoms with van der Waals surface area (Å²) in [5.74, 6) is 0. The second-order valence-corrected chi connectivity index (χ2v) is 6.86. The Morgan fingerprint density at radius 2 is 1.83 bits per heavy atom. The predicted octanol–water partition coefficient (Wildman–Crippen LogP) is 2.66.